The van der Waals surface area contributed by atoms with Crippen LogP contribution in [-0.2, 0) is 9.84 Å². The first kappa shape index (κ1) is 16.7. The minimum atomic E-state index is -3.68. The molecule has 3 aromatic rings. The predicted molar refractivity (Wildman–Crippen MR) is 99.4 cm³/mol. The molecule has 0 radical (unpaired) electrons. The molecular formula is C18H13Cl2NO3S. The summed E-state index contributed by atoms with van der Waals surface area (Å²) in [5.74, 6) is 0. The number of rotatable bonds is 2. The molecule has 2 heterocycles. The number of hydrogen-bond donors (Lipinski definition) is 1. The highest BCUT2D eigenvalue weighted by atomic mass is 35.5. The Morgan fingerprint density at radius 3 is 2.48 bits per heavy atom. The Labute approximate surface area is 154 Å². The van der Waals surface area contributed by atoms with Crippen molar-refractivity contribution in [2.45, 2.75) is 17.4 Å². The minimum absolute atomic E-state index is 0.148. The van der Waals surface area contributed by atoms with Gasteiger partial charge in [0, 0.05) is 22.5 Å². The molecule has 1 N–H and O–H groups in total. The summed E-state index contributed by atoms with van der Waals surface area (Å²) < 4.78 is 27.2. The van der Waals surface area contributed by atoms with Crippen molar-refractivity contribution in [2.75, 3.05) is 0 Å². The quantitative estimate of drug-likeness (QED) is 0.688. The topological polar surface area (TPSA) is 59.3 Å². The summed E-state index contributed by atoms with van der Waals surface area (Å²) in [5, 5.41) is 13.3. The molecule has 1 aliphatic rings. The molecule has 128 valence electrons. The lowest BCUT2D eigenvalue weighted by molar-refractivity contribution is 0.189. The summed E-state index contributed by atoms with van der Waals surface area (Å²) in [7, 11) is -3.68. The number of para-hydroxylation sites is 1. The van der Waals surface area contributed by atoms with Crippen molar-refractivity contribution in [3.8, 4) is 0 Å². The maximum atomic E-state index is 12.7. The highest BCUT2D eigenvalue weighted by Gasteiger charge is 2.32. The second-order valence-corrected chi connectivity index (χ2v) is 8.49. The largest absolute Gasteiger partial charge is 0.386 e. The smallest absolute Gasteiger partial charge is 0.201 e. The van der Waals surface area contributed by atoms with Crippen molar-refractivity contribution in [1.82, 2.24) is 4.57 Å². The monoisotopic (exact) mass is 393 g/mol. The molecule has 4 nitrogen and oxygen atoms in total. The highest BCUT2D eigenvalue weighted by molar-refractivity contribution is 7.94. The van der Waals surface area contributed by atoms with Gasteiger partial charge >= 0.3 is 0 Å². The van der Waals surface area contributed by atoms with Crippen LogP contribution in [0.25, 0.3) is 16.6 Å². The van der Waals surface area contributed by atoms with Gasteiger partial charge in [-0.3, -0.25) is 0 Å². The van der Waals surface area contributed by atoms with Crippen molar-refractivity contribution in [3.63, 3.8) is 0 Å². The first-order valence-corrected chi connectivity index (χ1v) is 9.87. The Bertz CT molecular complexity index is 1120. The molecule has 1 unspecified atom stereocenters. The van der Waals surface area contributed by atoms with Crippen molar-refractivity contribution in [3.05, 3.63) is 69.7 Å². The maximum absolute atomic E-state index is 12.7. The van der Waals surface area contributed by atoms with E-state index in [0.29, 0.717) is 21.4 Å². The second kappa shape index (κ2) is 5.88. The highest BCUT2D eigenvalue weighted by Crippen LogP contribution is 2.45. The maximum Gasteiger partial charge on any atom is 0.201 e. The lowest BCUT2D eigenvalue weighted by atomic mass is 10.2. The van der Waals surface area contributed by atoms with Crippen molar-refractivity contribution in [1.29, 1.82) is 0 Å². The van der Waals surface area contributed by atoms with E-state index < -0.39 is 15.9 Å². The first-order chi connectivity index (χ1) is 11.9. The van der Waals surface area contributed by atoms with E-state index in [0.717, 1.165) is 10.9 Å². The van der Waals surface area contributed by atoms with Crippen LogP contribution in [0.1, 0.15) is 18.2 Å². The number of aliphatic hydroxyl groups excluding tert-OH is 1. The zero-order valence-corrected chi connectivity index (χ0v) is 15.2. The average Bonchev–Trinajstić information content (AvgIpc) is 3.05. The molecule has 0 aliphatic carbocycles. The van der Waals surface area contributed by atoms with Crippen LogP contribution in [0.15, 0.2) is 58.8 Å². The van der Waals surface area contributed by atoms with Crippen LogP contribution in [0.3, 0.4) is 0 Å². The third kappa shape index (κ3) is 2.68. The van der Waals surface area contributed by atoms with E-state index in [1.807, 2.05) is 24.3 Å². The lowest BCUT2D eigenvalue weighted by Gasteiger charge is -2.06. The summed E-state index contributed by atoms with van der Waals surface area (Å²) in [4.78, 5) is 0.148. The molecule has 0 fully saturated rings. The zero-order valence-electron chi connectivity index (χ0n) is 12.9. The minimum Gasteiger partial charge on any atom is -0.386 e. The summed E-state index contributed by atoms with van der Waals surface area (Å²) in [6, 6.07) is 13.4. The fraction of sp³-hybridized carbons (Fsp3) is 0.111. The number of benzene rings is 2. The van der Waals surface area contributed by atoms with Gasteiger partial charge in [-0.05, 0) is 30.3 Å². The van der Waals surface area contributed by atoms with Gasteiger partial charge in [-0.25, -0.2) is 8.42 Å². The third-order valence-electron chi connectivity index (χ3n) is 4.29. The summed E-state index contributed by atoms with van der Waals surface area (Å²) in [5.41, 5.74) is 1.79. The van der Waals surface area contributed by atoms with E-state index in [2.05, 4.69) is 0 Å². The standard InChI is InChI=1S/C18H13Cl2NO3S/c19-11-5-7-13(8-6-11)25(23,24)10-12-9-16(22)18-17(20)14-3-1-2-4-15(14)21(12)18/h1-8,10,16,22H,9H2/b12-10+. The molecule has 0 saturated heterocycles. The second-order valence-electron chi connectivity index (χ2n) is 5.88. The molecule has 0 spiro atoms. The molecule has 1 aromatic heterocycles. The Balaban J connectivity index is 1.91. The average molecular weight is 394 g/mol. The molecular weight excluding hydrogens is 381 g/mol. The molecule has 2 aromatic carbocycles. The number of aliphatic hydroxyl groups is 1. The van der Waals surface area contributed by atoms with Gasteiger partial charge in [0.05, 0.1) is 26.5 Å². The SMILES string of the molecule is O=S(=O)(/C=C1\CC(O)c2c(Cl)c3ccccc3n21)c1ccc(Cl)cc1. The van der Waals surface area contributed by atoms with Crippen LogP contribution in [0.5, 0.6) is 0 Å². The molecule has 1 atom stereocenters. The van der Waals surface area contributed by atoms with E-state index in [-0.39, 0.29) is 11.3 Å². The third-order valence-corrected chi connectivity index (χ3v) is 6.45. The van der Waals surface area contributed by atoms with E-state index >= 15 is 0 Å². The number of sulfone groups is 1. The van der Waals surface area contributed by atoms with Gasteiger partial charge in [0.15, 0.2) is 0 Å². The van der Waals surface area contributed by atoms with Gasteiger partial charge in [0.2, 0.25) is 9.84 Å². The van der Waals surface area contributed by atoms with Crippen LogP contribution >= 0.6 is 23.2 Å². The van der Waals surface area contributed by atoms with Crippen molar-refractivity contribution in [2.24, 2.45) is 0 Å². The summed E-state index contributed by atoms with van der Waals surface area (Å²) in [6.45, 7) is 0. The van der Waals surface area contributed by atoms with Crippen LogP contribution < -0.4 is 0 Å². The molecule has 25 heavy (non-hydrogen) atoms. The van der Waals surface area contributed by atoms with E-state index in [9.17, 15) is 13.5 Å². The van der Waals surface area contributed by atoms with E-state index in [4.69, 9.17) is 23.2 Å². The molecule has 1 aliphatic heterocycles. The molecule has 0 amide bonds. The van der Waals surface area contributed by atoms with Crippen LogP contribution in [0.4, 0.5) is 0 Å². The van der Waals surface area contributed by atoms with E-state index in [1.54, 1.807) is 4.57 Å². The van der Waals surface area contributed by atoms with Gasteiger partial charge < -0.3 is 9.67 Å². The summed E-state index contributed by atoms with van der Waals surface area (Å²) in [6.07, 6.45) is -0.654. The van der Waals surface area contributed by atoms with Gasteiger partial charge in [-0.2, -0.15) is 0 Å². The first-order valence-electron chi connectivity index (χ1n) is 7.57. The van der Waals surface area contributed by atoms with E-state index in [1.165, 1.54) is 29.7 Å². The van der Waals surface area contributed by atoms with Gasteiger partial charge in [0.1, 0.15) is 6.10 Å². The van der Waals surface area contributed by atoms with Crippen molar-refractivity contribution >= 4 is 49.6 Å². The normalized spacial score (nSPS) is 18.8. The van der Waals surface area contributed by atoms with Crippen molar-refractivity contribution < 1.29 is 13.5 Å². The lowest BCUT2D eigenvalue weighted by Crippen LogP contribution is -2.00. The Hall–Kier alpha value is -1.79. The van der Waals surface area contributed by atoms with Gasteiger partial charge in [0.25, 0.3) is 0 Å². The number of fused-ring (bicyclic) bond motifs is 3. The number of aromatic nitrogens is 1. The number of halogens is 2. The molecule has 0 bridgehead atoms. The van der Waals surface area contributed by atoms with Gasteiger partial charge in [-0.1, -0.05) is 41.4 Å². The molecule has 7 heteroatoms. The fourth-order valence-corrected chi connectivity index (χ4v) is 4.89. The summed E-state index contributed by atoms with van der Waals surface area (Å²) >= 11 is 12.2. The Morgan fingerprint density at radius 1 is 1.08 bits per heavy atom. The number of nitrogens with zero attached hydrogens (tertiary/aromatic N) is 1. The Morgan fingerprint density at radius 2 is 1.76 bits per heavy atom. The fourth-order valence-electron chi connectivity index (χ4n) is 3.18. The Kier molecular flexibility index (Phi) is 3.92. The predicted octanol–water partition coefficient (Wildman–Crippen LogP) is 4.66. The van der Waals surface area contributed by atoms with Crippen LogP contribution in [0.2, 0.25) is 10.0 Å². The zero-order chi connectivity index (χ0) is 17.8. The van der Waals surface area contributed by atoms with Gasteiger partial charge in [-0.15, -0.1) is 0 Å². The molecule has 0 saturated carbocycles. The van der Waals surface area contributed by atoms with Crippen LogP contribution in [-0.4, -0.2) is 18.1 Å². The van der Waals surface area contributed by atoms with Crippen LogP contribution in [0, 0.1) is 0 Å². The number of hydrogen-bond acceptors (Lipinski definition) is 3. The molecule has 4 rings (SSSR count).